The standard InChI is InChI=1S/C13H18BrClN2/c1-2-17(11-5-6-16-8-11)9-10-3-4-13(15)12(14)7-10/h3-4,7,11,16H,2,5-6,8-9H2,1H3. The number of nitrogens with one attached hydrogen (secondary N) is 1. The average Bonchev–Trinajstić information content (AvgIpc) is 2.84. The summed E-state index contributed by atoms with van der Waals surface area (Å²) in [5.41, 5.74) is 1.31. The largest absolute Gasteiger partial charge is 0.315 e. The Kier molecular flexibility index (Phi) is 4.86. The summed E-state index contributed by atoms with van der Waals surface area (Å²) in [6.07, 6.45) is 1.25. The van der Waals surface area contributed by atoms with E-state index in [0.717, 1.165) is 35.7 Å². The van der Waals surface area contributed by atoms with Crippen LogP contribution < -0.4 is 5.32 Å². The topological polar surface area (TPSA) is 15.3 Å². The summed E-state index contributed by atoms with van der Waals surface area (Å²) in [6.45, 7) is 6.57. The Morgan fingerprint density at radius 2 is 2.35 bits per heavy atom. The van der Waals surface area contributed by atoms with E-state index < -0.39 is 0 Å². The fraction of sp³-hybridized carbons (Fsp3) is 0.538. The van der Waals surface area contributed by atoms with Crippen molar-refractivity contribution in [2.24, 2.45) is 0 Å². The summed E-state index contributed by atoms with van der Waals surface area (Å²) in [6, 6.07) is 6.86. The summed E-state index contributed by atoms with van der Waals surface area (Å²) in [7, 11) is 0. The van der Waals surface area contributed by atoms with Gasteiger partial charge in [-0.15, -0.1) is 0 Å². The van der Waals surface area contributed by atoms with E-state index in [9.17, 15) is 0 Å². The van der Waals surface area contributed by atoms with Crippen LogP contribution in [0.15, 0.2) is 22.7 Å². The lowest BCUT2D eigenvalue weighted by Crippen LogP contribution is -2.36. The fourth-order valence-electron chi connectivity index (χ4n) is 2.32. The number of rotatable bonds is 4. The second-order valence-electron chi connectivity index (χ2n) is 4.46. The van der Waals surface area contributed by atoms with Gasteiger partial charge in [0.2, 0.25) is 0 Å². The number of halogens is 2. The molecule has 4 heteroatoms. The van der Waals surface area contributed by atoms with Crippen LogP contribution in [0.25, 0.3) is 0 Å². The van der Waals surface area contributed by atoms with Gasteiger partial charge in [0.05, 0.1) is 5.02 Å². The highest BCUT2D eigenvalue weighted by molar-refractivity contribution is 9.10. The highest BCUT2D eigenvalue weighted by Crippen LogP contribution is 2.24. The Morgan fingerprint density at radius 3 is 2.94 bits per heavy atom. The molecule has 1 unspecified atom stereocenters. The minimum absolute atomic E-state index is 0.675. The Hall–Kier alpha value is -0.0900. The van der Waals surface area contributed by atoms with Gasteiger partial charge in [0.15, 0.2) is 0 Å². The SMILES string of the molecule is CCN(Cc1ccc(Cl)c(Br)c1)C1CCNC1. The molecule has 1 aromatic rings. The molecule has 2 rings (SSSR count). The summed E-state index contributed by atoms with van der Waals surface area (Å²) < 4.78 is 0.984. The monoisotopic (exact) mass is 316 g/mol. The molecule has 1 atom stereocenters. The van der Waals surface area contributed by atoms with Crippen LogP contribution in [0.1, 0.15) is 18.9 Å². The summed E-state index contributed by atoms with van der Waals surface area (Å²) >= 11 is 9.49. The minimum atomic E-state index is 0.675. The Labute approximate surface area is 116 Å². The van der Waals surface area contributed by atoms with Crippen molar-refractivity contribution in [2.45, 2.75) is 25.9 Å². The molecule has 0 amide bonds. The van der Waals surface area contributed by atoms with Gasteiger partial charge < -0.3 is 5.32 Å². The van der Waals surface area contributed by atoms with Gasteiger partial charge in [0.1, 0.15) is 0 Å². The first-order valence-electron chi connectivity index (χ1n) is 6.09. The van der Waals surface area contributed by atoms with Gasteiger partial charge in [0.25, 0.3) is 0 Å². The van der Waals surface area contributed by atoms with Gasteiger partial charge in [-0.3, -0.25) is 4.90 Å². The van der Waals surface area contributed by atoms with Crippen molar-refractivity contribution in [2.75, 3.05) is 19.6 Å². The Bertz CT molecular complexity index is 378. The normalized spacial score (nSPS) is 20.1. The molecule has 1 aromatic carbocycles. The second kappa shape index (κ2) is 6.19. The van der Waals surface area contributed by atoms with E-state index in [1.807, 2.05) is 6.07 Å². The molecule has 17 heavy (non-hydrogen) atoms. The molecule has 1 N–H and O–H groups in total. The van der Waals surface area contributed by atoms with E-state index in [4.69, 9.17) is 11.6 Å². The van der Waals surface area contributed by atoms with Gasteiger partial charge in [-0.2, -0.15) is 0 Å². The zero-order valence-corrected chi connectivity index (χ0v) is 12.4. The average molecular weight is 318 g/mol. The molecule has 1 aliphatic rings. The third-order valence-corrected chi connectivity index (χ3v) is 4.54. The molecule has 1 saturated heterocycles. The Balaban J connectivity index is 2.04. The first-order chi connectivity index (χ1) is 8.20. The first-order valence-corrected chi connectivity index (χ1v) is 7.26. The molecule has 0 aliphatic carbocycles. The van der Waals surface area contributed by atoms with Crippen LogP contribution in [0.5, 0.6) is 0 Å². The van der Waals surface area contributed by atoms with Crippen molar-refractivity contribution < 1.29 is 0 Å². The van der Waals surface area contributed by atoms with Gasteiger partial charge >= 0.3 is 0 Å². The van der Waals surface area contributed by atoms with Crippen LogP contribution in [0.4, 0.5) is 0 Å². The zero-order chi connectivity index (χ0) is 12.3. The van der Waals surface area contributed by atoms with Gasteiger partial charge in [0, 0.05) is 23.6 Å². The maximum Gasteiger partial charge on any atom is 0.0548 e. The molecule has 0 aromatic heterocycles. The summed E-state index contributed by atoms with van der Waals surface area (Å²) in [4.78, 5) is 2.52. The lowest BCUT2D eigenvalue weighted by molar-refractivity contribution is 0.210. The minimum Gasteiger partial charge on any atom is -0.315 e. The molecule has 2 nitrogen and oxygen atoms in total. The van der Waals surface area contributed by atoms with E-state index in [-0.39, 0.29) is 0 Å². The number of benzene rings is 1. The van der Waals surface area contributed by atoms with E-state index in [2.05, 4.69) is 45.2 Å². The molecule has 0 saturated carbocycles. The molecule has 1 heterocycles. The molecule has 0 spiro atoms. The van der Waals surface area contributed by atoms with Crippen molar-refractivity contribution in [1.29, 1.82) is 0 Å². The fourth-order valence-corrected chi connectivity index (χ4v) is 2.87. The van der Waals surface area contributed by atoms with Crippen LogP contribution in [0.2, 0.25) is 5.02 Å². The molecular weight excluding hydrogens is 300 g/mol. The summed E-state index contributed by atoms with van der Waals surface area (Å²) in [5, 5.41) is 4.20. The van der Waals surface area contributed by atoms with Crippen LogP contribution in [-0.2, 0) is 6.54 Å². The predicted octanol–water partition coefficient (Wildman–Crippen LogP) is 3.29. The van der Waals surface area contributed by atoms with Crippen molar-refractivity contribution in [1.82, 2.24) is 10.2 Å². The Morgan fingerprint density at radius 1 is 1.53 bits per heavy atom. The van der Waals surface area contributed by atoms with E-state index in [1.54, 1.807) is 0 Å². The van der Waals surface area contributed by atoms with E-state index >= 15 is 0 Å². The van der Waals surface area contributed by atoms with Crippen LogP contribution >= 0.6 is 27.5 Å². The van der Waals surface area contributed by atoms with Gasteiger partial charge in [-0.25, -0.2) is 0 Å². The third kappa shape index (κ3) is 3.44. The quantitative estimate of drug-likeness (QED) is 0.917. The van der Waals surface area contributed by atoms with Crippen molar-refractivity contribution in [3.8, 4) is 0 Å². The van der Waals surface area contributed by atoms with Crippen molar-refractivity contribution in [3.05, 3.63) is 33.3 Å². The van der Waals surface area contributed by atoms with Crippen LogP contribution in [-0.4, -0.2) is 30.6 Å². The maximum absolute atomic E-state index is 6.01. The molecule has 94 valence electrons. The van der Waals surface area contributed by atoms with Crippen molar-refractivity contribution in [3.63, 3.8) is 0 Å². The molecular formula is C13H18BrClN2. The smallest absolute Gasteiger partial charge is 0.0548 e. The maximum atomic E-state index is 6.01. The van der Waals surface area contributed by atoms with Gasteiger partial charge in [-0.1, -0.05) is 24.6 Å². The second-order valence-corrected chi connectivity index (χ2v) is 5.72. The first kappa shape index (κ1) is 13.3. The predicted molar refractivity (Wildman–Crippen MR) is 76.5 cm³/mol. The highest BCUT2D eigenvalue weighted by atomic mass is 79.9. The van der Waals surface area contributed by atoms with Crippen LogP contribution in [0.3, 0.4) is 0 Å². The van der Waals surface area contributed by atoms with E-state index in [0.29, 0.717) is 6.04 Å². The number of nitrogens with zero attached hydrogens (tertiary/aromatic N) is 1. The molecule has 1 fully saturated rings. The van der Waals surface area contributed by atoms with Crippen LogP contribution in [0, 0.1) is 0 Å². The summed E-state index contributed by atoms with van der Waals surface area (Å²) in [5.74, 6) is 0. The molecule has 1 aliphatic heterocycles. The van der Waals surface area contributed by atoms with E-state index in [1.165, 1.54) is 12.0 Å². The lowest BCUT2D eigenvalue weighted by atomic mass is 10.1. The zero-order valence-electron chi connectivity index (χ0n) is 10.0. The molecule has 0 bridgehead atoms. The number of hydrogen-bond acceptors (Lipinski definition) is 2. The number of hydrogen-bond donors (Lipinski definition) is 1. The third-order valence-electron chi connectivity index (χ3n) is 3.33. The van der Waals surface area contributed by atoms with Gasteiger partial charge in [-0.05, 0) is 53.1 Å². The lowest BCUT2D eigenvalue weighted by Gasteiger charge is -2.27. The molecule has 0 radical (unpaired) electrons. The van der Waals surface area contributed by atoms with Crippen molar-refractivity contribution >= 4 is 27.5 Å². The highest BCUT2D eigenvalue weighted by Gasteiger charge is 2.20. The number of likely N-dealkylation sites (N-methyl/N-ethyl adjacent to an activating group) is 1.